The highest BCUT2D eigenvalue weighted by atomic mass is 32.2. The zero-order valence-electron chi connectivity index (χ0n) is 9.70. The van der Waals surface area contributed by atoms with Crippen molar-refractivity contribution >= 4 is 11.8 Å². The Balaban J connectivity index is 2.02. The van der Waals surface area contributed by atoms with E-state index in [1.807, 2.05) is 11.8 Å². The quantitative estimate of drug-likeness (QED) is 0.730. The van der Waals surface area contributed by atoms with Gasteiger partial charge in [-0.15, -0.1) is 11.8 Å². The molecule has 2 rings (SSSR count). The number of rotatable bonds is 4. The third-order valence-electron chi connectivity index (χ3n) is 3.32. The maximum absolute atomic E-state index is 9.18. The Labute approximate surface area is 102 Å². The van der Waals surface area contributed by atoms with Gasteiger partial charge in [0.2, 0.25) is 0 Å². The van der Waals surface area contributed by atoms with Gasteiger partial charge in [0.25, 0.3) is 0 Å². The van der Waals surface area contributed by atoms with E-state index < -0.39 is 0 Å². The molecule has 1 aromatic carbocycles. The van der Waals surface area contributed by atoms with Gasteiger partial charge in [0.05, 0.1) is 11.5 Å². The zero-order chi connectivity index (χ0) is 11.4. The Bertz CT molecular complexity index is 384. The molecule has 1 aliphatic rings. The third kappa shape index (κ3) is 2.41. The molecule has 16 heavy (non-hydrogen) atoms. The monoisotopic (exact) mass is 231 g/mol. The average molecular weight is 231 g/mol. The second-order valence-corrected chi connectivity index (χ2v) is 5.84. The number of thioether (sulfide) groups is 1. The molecule has 0 aromatic heterocycles. The molecule has 0 radical (unpaired) electrons. The summed E-state index contributed by atoms with van der Waals surface area (Å²) in [5, 5.41) is 9.18. The zero-order valence-corrected chi connectivity index (χ0v) is 10.5. The lowest BCUT2D eigenvalue weighted by Gasteiger charge is -2.35. The van der Waals surface area contributed by atoms with Crippen LogP contribution in [0.15, 0.2) is 29.2 Å². The fourth-order valence-electron chi connectivity index (χ4n) is 2.19. The summed E-state index contributed by atoms with van der Waals surface area (Å²) in [5.74, 6) is 1.11. The highest BCUT2D eigenvalue weighted by Crippen LogP contribution is 2.43. The average Bonchev–Trinajstić information content (AvgIpc) is 2.26. The molecular weight excluding hydrogens is 214 g/mol. The summed E-state index contributed by atoms with van der Waals surface area (Å²) < 4.78 is 0. The van der Waals surface area contributed by atoms with Crippen molar-refractivity contribution < 1.29 is 0 Å². The Kier molecular flexibility index (Phi) is 3.56. The van der Waals surface area contributed by atoms with Gasteiger partial charge < -0.3 is 0 Å². The Morgan fingerprint density at radius 3 is 2.44 bits per heavy atom. The summed E-state index contributed by atoms with van der Waals surface area (Å²) in [5.41, 5.74) is 1.26. The van der Waals surface area contributed by atoms with Crippen LogP contribution in [0.4, 0.5) is 0 Å². The smallest absolute Gasteiger partial charge is 0.0693 e. The molecule has 1 fully saturated rings. The minimum atomic E-state index is -0.0422. The van der Waals surface area contributed by atoms with E-state index in [-0.39, 0.29) is 5.41 Å². The van der Waals surface area contributed by atoms with Crippen LogP contribution in [0.2, 0.25) is 0 Å². The molecule has 0 amide bonds. The SMILES string of the molecule is CCSc1ccc(CC2(C#N)CCC2)cc1. The molecular formula is C14H17NS. The molecule has 0 N–H and O–H groups in total. The van der Waals surface area contributed by atoms with Crippen molar-refractivity contribution in [1.29, 1.82) is 5.26 Å². The third-order valence-corrected chi connectivity index (χ3v) is 4.22. The van der Waals surface area contributed by atoms with E-state index in [9.17, 15) is 5.26 Å². The van der Waals surface area contributed by atoms with Crippen molar-refractivity contribution in [2.24, 2.45) is 5.41 Å². The minimum absolute atomic E-state index is 0.0422. The molecule has 0 bridgehead atoms. The highest BCUT2D eigenvalue weighted by Gasteiger charge is 2.36. The first-order valence-electron chi connectivity index (χ1n) is 5.91. The van der Waals surface area contributed by atoms with Gasteiger partial charge in [0, 0.05) is 4.90 Å². The van der Waals surface area contributed by atoms with Gasteiger partial charge in [0.1, 0.15) is 0 Å². The van der Waals surface area contributed by atoms with Gasteiger partial charge in [-0.2, -0.15) is 5.26 Å². The standard InChI is InChI=1S/C14H17NS/c1-2-16-13-6-4-12(5-7-13)10-14(11-15)8-3-9-14/h4-7H,2-3,8-10H2,1H3. The number of hydrogen-bond donors (Lipinski definition) is 0. The van der Waals surface area contributed by atoms with Crippen molar-refractivity contribution in [1.82, 2.24) is 0 Å². The van der Waals surface area contributed by atoms with Gasteiger partial charge in [-0.25, -0.2) is 0 Å². The molecule has 0 aliphatic heterocycles. The van der Waals surface area contributed by atoms with E-state index in [1.165, 1.54) is 16.9 Å². The summed E-state index contributed by atoms with van der Waals surface area (Å²) in [6, 6.07) is 11.2. The van der Waals surface area contributed by atoms with E-state index in [4.69, 9.17) is 0 Å². The van der Waals surface area contributed by atoms with Crippen LogP contribution in [0.1, 0.15) is 31.7 Å². The first-order valence-corrected chi connectivity index (χ1v) is 6.89. The lowest BCUT2D eigenvalue weighted by atomic mass is 9.66. The lowest BCUT2D eigenvalue weighted by Crippen LogP contribution is -2.29. The fraction of sp³-hybridized carbons (Fsp3) is 0.500. The maximum atomic E-state index is 9.18. The first-order chi connectivity index (χ1) is 7.78. The van der Waals surface area contributed by atoms with Crippen LogP contribution in [-0.2, 0) is 6.42 Å². The number of nitriles is 1. The van der Waals surface area contributed by atoms with Crippen LogP contribution in [0.5, 0.6) is 0 Å². The van der Waals surface area contributed by atoms with Crippen LogP contribution in [-0.4, -0.2) is 5.75 Å². The minimum Gasteiger partial charge on any atom is -0.198 e. The van der Waals surface area contributed by atoms with Gasteiger partial charge in [-0.05, 0) is 42.7 Å². The topological polar surface area (TPSA) is 23.8 Å². The molecule has 1 nitrogen and oxygen atoms in total. The van der Waals surface area contributed by atoms with E-state index in [0.29, 0.717) is 0 Å². The Morgan fingerprint density at radius 2 is 2.00 bits per heavy atom. The van der Waals surface area contributed by atoms with Crippen LogP contribution < -0.4 is 0 Å². The van der Waals surface area contributed by atoms with Crippen molar-refractivity contribution in [3.8, 4) is 6.07 Å². The normalized spacial score (nSPS) is 17.5. The van der Waals surface area contributed by atoms with Crippen LogP contribution in [0.25, 0.3) is 0 Å². The van der Waals surface area contributed by atoms with Gasteiger partial charge >= 0.3 is 0 Å². The number of hydrogen-bond acceptors (Lipinski definition) is 2. The molecule has 0 saturated heterocycles. The second-order valence-electron chi connectivity index (χ2n) is 4.50. The molecule has 2 heteroatoms. The summed E-state index contributed by atoms with van der Waals surface area (Å²) in [7, 11) is 0. The van der Waals surface area contributed by atoms with E-state index in [0.717, 1.165) is 25.0 Å². The summed E-state index contributed by atoms with van der Waals surface area (Å²) in [4.78, 5) is 1.32. The molecule has 1 aliphatic carbocycles. The van der Waals surface area contributed by atoms with Crippen molar-refractivity contribution in [2.45, 2.75) is 37.5 Å². The first kappa shape index (κ1) is 11.5. The number of nitrogens with zero attached hydrogens (tertiary/aromatic N) is 1. The largest absolute Gasteiger partial charge is 0.198 e. The molecule has 1 saturated carbocycles. The van der Waals surface area contributed by atoms with E-state index in [2.05, 4.69) is 37.3 Å². The second kappa shape index (κ2) is 4.93. The Hall–Kier alpha value is -0.940. The van der Waals surface area contributed by atoms with Crippen molar-refractivity contribution in [2.75, 3.05) is 5.75 Å². The predicted molar refractivity (Wildman–Crippen MR) is 68.4 cm³/mol. The molecule has 0 spiro atoms. The molecule has 0 heterocycles. The predicted octanol–water partition coefficient (Wildman–Crippen LogP) is 4.03. The molecule has 84 valence electrons. The highest BCUT2D eigenvalue weighted by molar-refractivity contribution is 7.99. The van der Waals surface area contributed by atoms with E-state index >= 15 is 0 Å². The van der Waals surface area contributed by atoms with Gasteiger partial charge in [0.15, 0.2) is 0 Å². The maximum Gasteiger partial charge on any atom is 0.0693 e. The van der Waals surface area contributed by atoms with Crippen LogP contribution in [0.3, 0.4) is 0 Å². The van der Waals surface area contributed by atoms with Crippen molar-refractivity contribution in [3.63, 3.8) is 0 Å². The molecule has 0 unspecified atom stereocenters. The number of benzene rings is 1. The Morgan fingerprint density at radius 1 is 1.31 bits per heavy atom. The summed E-state index contributed by atoms with van der Waals surface area (Å²) >= 11 is 1.86. The fourth-order valence-corrected chi connectivity index (χ4v) is 2.85. The van der Waals surface area contributed by atoms with Crippen molar-refractivity contribution in [3.05, 3.63) is 29.8 Å². The lowest BCUT2D eigenvalue weighted by molar-refractivity contribution is 0.214. The van der Waals surface area contributed by atoms with Crippen LogP contribution >= 0.6 is 11.8 Å². The van der Waals surface area contributed by atoms with E-state index in [1.54, 1.807) is 0 Å². The summed E-state index contributed by atoms with van der Waals surface area (Å²) in [6.07, 6.45) is 4.31. The van der Waals surface area contributed by atoms with Crippen LogP contribution in [0, 0.1) is 16.7 Å². The van der Waals surface area contributed by atoms with Gasteiger partial charge in [-0.3, -0.25) is 0 Å². The molecule has 1 aromatic rings. The molecule has 0 atom stereocenters. The van der Waals surface area contributed by atoms with Gasteiger partial charge in [-0.1, -0.05) is 25.5 Å². The summed E-state index contributed by atoms with van der Waals surface area (Å²) in [6.45, 7) is 2.16.